The Balaban J connectivity index is 2.37. The van der Waals surface area contributed by atoms with Crippen molar-refractivity contribution in [3.05, 3.63) is 17.0 Å². The smallest absolute Gasteiger partial charge is 0.146 e. The zero-order valence-electron chi connectivity index (χ0n) is 7.44. The highest BCUT2D eigenvalue weighted by molar-refractivity contribution is 9.10. The van der Waals surface area contributed by atoms with Crippen LogP contribution in [0.4, 0.5) is 5.82 Å². The van der Waals surface area contributed by atoms with Gasteiger partial charge < -0.3 is 10.3 Å². The van der Waals surface area contributed by atoms with Crippen molar-refractivity contribution in [2.75, 3.05) is 5.73 Å². The summed E-state index contributed by atoms with van der Waals surface area (Å²) in [7, 11) is 0. The van der Waals surface area contributed by atoms with Gasteiger partial charge in [-0.3, -0.25) is 0 Å². The number of fused-ring (bicyclic) bond motifs is 1. The summed E-state index contributed by atoms with van der Waals surface area (Å²) in [5.41, 5.74) is 6.73. The minimum absolute atomic E-state index is 0.543. The second kappa shape index (κ2) is 2.70. The van der Waals surface area contributed by atoms with Gasteiger partial charge in [-0.25, -0.2) is 9.97 Å². The summed E-state index contributed by atoms with van der Waals surface area (Å²) in [4.78, 5) is 8.25. The molecule has 2 aromatic rings. The van der Waals surface area contributed by atoms with Crippen LogP contribution in [-0.2, 0) is 0 Å². The van der Waals surface area contributed by atoms with Gasteiger partial charge in [0.25, 0.3) is 0 Å². The van der Waals surface area contributed by atoms with Crippen LogP contribution in [0.15, 0.2) is 17.0 Å². The fourth-order valence-electron chi connectivity index (χ4n) is 1.69. The monoisotopic (exact) mass is 252 g/mol. The Morgan fingerprint density at radius 3 is 2.93 bits per heavy atom. The third-order valence-corrected chi connectivity index (χ3v) is 3.13. The lowest BCUT2D eigenvalue weighted by molar-refractivity contribution is 0.764. The molecule has 1 aliphatic carbocycles. The minimum Gasteiger partial charge on any atom is -0.383 e. The van der Waals surface area contributed by atoms with Gasteiger partial charge in [-0.1, -0.05) is 0 Å². The zero-order chi connectivity index (χ0) is 9.71. The van der Waals surface area contributed by atoms with Crippen LogP contribution in [0, 0.1) is 0 Å². The third kappa shape index (κ3) is 1.05. The van der Waals surface area contributed by atoms with Gasteiger partial charge in [-0.2, -0.15) is 0 Å². The lowest BCUT2D eigenvalue weighted by atomic mass is 10.4. The molecule has 1 aliphatic rings. The maximum Gasteiger partial charge on any atom is 0.146 e. The van der Waals surface area contributed by atoms with Crippen LogP contribution in [0.3, 0.4) is 0 Å². The Labute approximate surface area is 89.3 Å². The molecule has 5 heteroatoms. The van der Waals surface area contributed by atoms with E-state index in [0.29, 0.717) is 11.9 Å². The summed E-state index contributed by atoms with van der Waals surface area (Å²) in [6, 6.07) is 0.609. The minimum atomic E-state index is 0.543. The summed E-state index contributed by atoms with van der Waals surface area (Å²) in [6.45, 7) is 0. The molecule has 72 valence electrons. The van der Waals surface area contributed by atoms with Gasteiger partial charge in [-0.15, -0.1) is 0 Å². The summed E-state index contributed by atoms with van der Waals surface area (Å²) >= 11 is 3.48. The zero-order valence-corrected chi connectivity index (χ0v) is 9.03. The summed E-state index contributed by atoms with van der Waals surface area (Å²) < 4.78 is 3.16. The van der Waals surface area contributed by atoms with Crippen molar-refractivity contribution in [2.45, 2.75) is 18.9 Å². The molecule has 0 amide bonds. The van der Waals surface area contributed by atoms with Gasteiger partial charge >= 0.3 is 0 Å². The molecule has 0 aromatic carbocycles. The molecule has 2 heterocycles. The standard InChI is InChI=1S/C9H9BrN4/c10-6-3-14(5-1-2-5)9-7(6)8(11)12-4-13-9/h3-5H,1-2H2,(H2,11,12,13). The number of nitrogen functional groups attached to an aromatic ring is 1. The molecule has 0 atom stereocenters. The number of aromatic nitrogens is 3. The Bertz CT molecular complexity index is 501. The maximum atomic E-state index is 5.80. The number of rotatable bonds is 1. The highest BCUT2D eigenvalue weighted by Crippen LogP contribution is 2.40. The molecule has 0 saturated heterocycles. The lowest BCUT2D eigenvalue weighted by Crippen LogP contribution is -1.96. The van der Waals surface area contributed by atoms with Crippen molar-refractivity contribution in [3.63, 3.8) is 0 Å². The van der Waals surface area contributed by atoms with E-state index in [1.165, 1.54) is 19.2 Å². The Kier molecular flexibility index (Phi) is 1.58. The normalized spacial score (nSPS) is 16.4. The quantitative estimate of drug-likeness (QED) is 0.846. The van der Waals surface area contributed by atoms with E-state index >= 15 is 0 Å². The number of nitrogens with two attached hydrogens (primary N) is 1. The van der Waals surface area contributed by atoms with Crippen LogP contribution in [0.1, 0.15) is 18.9 Å². The van der Waals surface area contributed by atoms with E-state index in [1.54, 1.807) is 0 Å². The van der Waals surface area contributed by atoms with Gasteiger partial charge in [-0.05, 0) is 28.8 Å². The summed E-state index contributed by atoms with van der Waals surface area (Å²) in [5, 5.41) is 0.930. The molecule has 2 N–H and O–H groups in total. The van der Waals surface area contributed by atoms with E-state index in [1.807, 2.05) is 6.20 Å². The lowest BCUT2D eigenvalue weighted by Gasteiger charge is -2.00. The SMILES string of the molecule is Nc1ncnc2c1c(Br)cn2C1CC1. The van der Waals surface area contributed by atoms with Crippen molar-refractivity contribution in [2.24, 2.45) is 0 Å². The summed E-state index contributed by atoms with van der Waals surface area (Å²) in [5.74, 6) is 0.543. The number of hydrogen-bond acceptors (Lipinski definition) is 3. The van der Waals surface area contributed by atoms with Crippen molar-refractivity contribution in [1.82, 2.24) is 14.5 Å². The van der Waals surface area contributed by atoms with Gasteiger partial charge in [0.1, 0.15) is 17.8 Å². The molecule has 1 saturated carbocycles. The molecule has 0 unspecified atom stereocenters. The van der Waals surface area contributed by atoms with Crippen LogP contribution < -0.4 is 5.73 Å². The molecular weight excluding hydrogens is 244 g/mol. The first-order valence-electron chi connectivity index (χ1n) is 4.54. The van der Waals surface area contributed by atoms with Crippen molar-refractivity contribution in [1.29, 1.82) is 0 Å². The summed E-state index contributed by atoms with van der Waals surface area (Å²) in [6.07, 6.45) is 6.04. The first-order valence-corrected chi connectivity index (χ1v) is 5.33. The Morgan fingerprint density at radius 2 is 2.21 bits per heavy atom. The van der Waals surface area contributed by atoms with Gasteiger partial charge in [0.15, 0.2) is 0 Å². The molecule has 0 bridgehead atoms. The van der Waals surface area contributed by atoms with E-state index in [9.17, 15) is 0 Å². The average molecular weight is 253 g/mol. The fourth-order valence-corrected chi connectivity index (χ4v) is 2.29. The fraction of sp³-hybridized carbons (Fsp3) is 0.333. The molecule has 0 radical (unpaired) electrons. The van der Waals surface area contributed by atoms with Crippen molar-refractivity contribution < 1.29 is 0 Å². The first kappa shape index (κ1) is 8.23. The van der Waals surface area contributed by atoms with E-state index in [4.69, 9.17) is 5.73 Å². The molecule has 4 nitrogen and oxygen atoms in total. The maximum absolute atomic E-state index is 5.80. The predicted octanol–water partition coefficient (Wildman–Crippen LogP) is 2.11. The van der Waals surface area contributed by atoms with Crippen LogP contribution >= 0.6 is 15.9 Å². The van der Waals surface area contributed by atoms with Crippen LogP contribution in [0.5, 0.6) is 0 Å². The van der Waals surface area contributed by atoms with Gasteiger partial charge in [0.05, 0.1) is 5.39 Å². The van der Waals surface area contributed by atoms with E-state index in [-0.39, 0.29) is 0 Å². The van der Waals surface area contributed by atoms with Crippen LogP contribution in [0.25, 0.3) is 11.0 Å². The highest BCUT2D eigenvalue weighted by Gasteiger charge is 2.26. The van der Waals surface area contributed by atoms with E-state index in [0.717, 1.165) is 15.5 Å². The Hall–Kier alpha value is -1.10. The van der Waals surface area contributed by atoms with E-state index in [2.05, 4.69) is 30.5 Å². The molecule has 14 heavy (non-hydrogen) atoms. The second-order valence-electron chi connectivity index (χ2n) is 3.57. The van der Waals surface area contributed by atoms with Crippen molar-refractivity contribution >= 4 is 32.8 Å². The number of halogens is 1. The van der Waals surface area contributed by atoms with Crippen LogP contribution in [0.2, 0.25) is 0 Å². The highest BCUT2D eigenvalue weighted by atomic mass is 79.9. The topological polar surface area (TPSA) is 56.7 Å². The Morgan fingerprint density at radius 1 is 1.43 bits per heavy atom. The molecule has 1 fully saturated rings. The first-order chi connectivity index (χ1) is 6.77. The molecule has 0 spiro atoms. The van der Waals surface area contributed by atoms with Crippen molar-refractivity contribution in [3.8, 4) is 0 Å². The number of hydrogen-bond donors (Lipinski definition) is 1. The van der Waals surface area contributed by atoms with Crippen LogP contribution in [-0.4, -0.2) is 14.5 Å². The molecule has 3 rings (SSSR count). The number of anilines is 1. The third-order valence-electron chi connectivity index (χ3n) is 2.53. The number of nitrogens with zero attached hydrogens (tertiary/aromatic N) is 3. The second-order valence-corrected chi connectivity index (χ2v) is 4.43. The average Bonchev–Trinajstić information content (AvgIpc) is 2.93. The molecular formula is C9H9BrN4. The van der Waals surface area contributed by atoms with Gasteiger partial charge in [0.2, 0.25) is 0 Å². The largest absolute Gasteiger partial charge is 0.383 e. The van der Waals surface area contributed by atoms with Gasteiger partial charge in [0, 0.05) is 16.7 Å². The molecule has 2 aromatic heterocycles. The molecule has 0 aliphatic heterocycles. The predicted molar refractivity (Wildman–Crippen MR) is 57.9 cm³/mol. The van der Waals surface area contributed by atoms with E-state index < -0.39 is 0 Å².